The van der Waals surface area contributed by atoms with Crippen LogP contribution in [0.25, 0.3) is 76.9 Å². The van der Waals surface area contributed by atoms with Crippen LogP contribution in [0.3, 0.4) is 0 Å². The molecule has 11 aromatic carbocycles. The lowest BCUT2D eigenvalue weighted by Gasteiger charge is -2.34. The number of hydrogen-bond acceptors (Lipinski definition) is 2. The Morgan fingerprint density at radius 3 is 1.75 bits per heavy atom. The van der Waals surface area contributed by atoms with Crippen LogP contribution >= 0.6 is 0 Å². The van der Waals surface area contributed by atoms with Crippen LogP contribution in [0, 0.1) is 0 Å². The molecule has 0 bridgehead atoms. The summed E-state index contributed by atoms with van der Waals surface area (Å²) in [6.45, 7) is 0. The minimum atomic E-state index is -0.535. The normalized spacial score (nSPS) is 12.7. The quantitative estimate of drug-likeness (QED) is 0.159. The molecule has 0 saturated heterocycles. The topological polar surface area (TPSA) is 16.4 Å². The smallest absolute Gasteiger partial charge is 0.159 e. The molecule has 1 aromatic heterocycles. The maximum absolute atomic E-state index is 6.84. The second kappa shape index (κ2) is 14.8. The van der Waals surface area contributed by atoms with E-state index in [0.29, 0.717) is 0 Å². The lowest BCUT2D eigenvalue weighted by atomic mass is 9.68. The Kier molecular flexibility index (Phi) is 8.47. The highest BCUT2D eigenvalue weighted by Crippen LogP contribution is 2.60. The molecule has 0 atom stereocenters. The van der Waals surface area contributed by atoms with Crippen LogP contribution in [0.1, 0.15) is 22.3 Å². The zero-order valence-corrected chi connectivity index (χ0v) is 35.5. The Morgan fingerprint density at radius 1 is 0.338 bits per heavy atom. The molecule has 0 radical (unpaired) electrons. The SMILES string of the molecule is c1ccc(C2(c3ccccc3)c3ccccc3-c3c(N(c4ccc(-c5ccc6cccc(-c7ccc8ccccc8c7)c6c5)cc4)c4cccc5c4oc4ccccc45)cccc32)cc1. The van der Waals surface area contributed by atoms with Gasteiger partial charge in [-0.1, -0.05) is 206 Å². The molecule has 65 heavy (non-hydrogen) atoms. The Labute approximate surface area is 377 Å². The molecule has 304 valence electrons. The number of para-hydroxylation sites is 2. The van der Waals surface area contributed by atoms with E-state index in [0.717, 1.165) is 44.6 Å². The van der Waals surface area contributed by atoms with Crippen molar-refractivity contribution in [3.05, 3.63) is 271 Å². The van der Waals surface area contributed by atoms with Gasteiger partial charge in [0.05, 0.1) is 16.8 Å². The maximum atomic E-state index is 6.84. The molecular formula is C63H41NO. The molecule has 0 saturated carbocycles. The van der Waals surface area contributed by atoms with Crippen LogP contribution in [0.5, 0.6) is 0 Å². The first-order valence-corrected chi connectivity index (χ1v) is 22.4. The van der Waals surface area contributed by atoms with Gasteiger partial charge in [-0.15, -0.1) is 0 Å². The van der Waals surface area contributed by atoms with Gasteiger partial charge >= 0.3 is 0 Å². The van der Waals surface area contributed by atoms with Crippen molar-refractivity contribution in [3.63, 3.8) is 0 Å². The summed E-state index contributed by atoms with van der Waals surface area (Å²) < 4.78 is 6.84. The van der Waals surface area contributed by atoms with E-state index in [9.17, 15) is 0 Å². The van der Waals surface area contributed by atoms with E-state index in [4.69, 9.17) is 4.42 Å². The van der Waals surface area contributed by atoms with E-state index in [1.807, 2.05) is 6.07 Å². The van der Waals surface area contributed by atoms with Gasteiger partial charge in [-0.05, 0) is 114 Å². The summed E-state index contributed by atoms with van der Waals surface area (Å²) >= 11 is 0. The summed E-state index contributed by atoms with van der Waals surface area (Å²) in [5, 5.41) is 7.15. The lowest BCUT2D eigenvalue weighted by molar-refractivity contribution is 0.669. The fourth-order valence-electron chi connectivity index (χ4n) is 10.8. The first-order valence-electron chi connectivity index (χ1n) is 22.4. The van der Waals surface area contributed by atoms with E-state index in [1.165, 1.54) is 71.6 Å². The molecule has 0 aliphatic heterocycles. The number of rotatable bonds is 7. The second-order valence-electron chi connectivity index (χ2n) is 17.2. The fraction of sp³-hybridized carbons (Fsp3) is 0.0159. The first kappa shape index (κ1) is 37.1. The van der Waals surface area contributed by atoms with Gasteiger partial charge in [-0.3, -0.25) is 0 Å². The second-order valence-corrected chi connectivity index (χ2v) is 17.2. The van der Waals surface area contributed by atoms with E-state index < -0.39 is 5.41 Å². The van der Waals surface area contributed by atoms with Crippen molar-refractivity contribution in [2.24, 2.45) is 0 Å². The summed E-state index contributed by atoms with van der Waals surface area (Å²) in [5.74, 6) is 0. The molecule has 13 rings (SSSR count). The zero-order chi connectivity index (χ0) is 42.9. The van der Waals surface area contributed by atoms with Crippen LogP contribution in [-0.2, 0) is 5.41 Å². The summed E-state index contributed by atoms with van der Waals surface area (Å²) in [6.07, 6.45) is 0. The van der Waals surface area contributed by atoms with Gasteiger partial charge in [0.1, 0.15) is 5.58 Å². The van der Waals surface area contributed by atoms with Gasteiger partial charge in [0.2, 0.25) is 0 Å². The number of furan rings is 1. The Balaban J connectivity index is 1.02. The van der Waals surface area contributed by atoms with Gasteiger partial charge in [0.25, 0.3) is 0 Å². The monoisotopic (exact) mass is 827 g/mol. The van der Waals surface area contributed by atoms with Crippen LogP contribution in [0.15, 0.2) is 253 Å². The number of hydrogen-bond donors (Lipinski definition) is 0. The van der Waals surface area contributed by atoms with Gasteiger partial charge in [0.15, 0.2) is 5.58 Å². The van der Waals surface area contributed by atoms with Crippen molar-refractivity contribution in [2.75, 3.05) is 4.90 Å². The fourth-order valence-corrected chi connectivity index (χ4v) is 10.8. The van der Waals surface area contributed by atoms with Crippen LogP contribution in [0.2, 0.25) is 0 Å². The molecular weight excluding hydrogens is 787 g/mol. The highest BCUT2D eigenvalue weighted by molar-refractivity contribution is 6.11. The molecule has 2 nitrogen and oxygen atoms in total. The Hall–Kier alpha value is -8.46. The largest absolute Gasteiger partial charge is 0.454 e. The van der Waals surface area contributed by atoms with Crippen molar-refractivity contribution in [1.29, 1.82) is 0 Å². The first-order chi connectivity index (χ1) is 32.2. The van der Waals surface area contributed by atoms with Crippen LogP contribution in [-0.4, -0.2) is 0 Å². The van der Waals surface area contributed by atoms with Crippen LogP contribution in [0.4, 0.5) is 17.1 Å². The van der Waals surface area contributed by atoms with E-state index in [-0.39, 0.29) is 0 Å². The number of benzene rings is 11. The molecule has 0 amide bonds. The van der Waals surface area contributed by atoms with Crippen molar-refractivity contribution in [3.8, 4) is 33.4 Å². The summed E-state index contributed by atoms with van der Waals surface area (Å²) in [4.78, 5) is 2.42. The number of anilines is 3. The third-order valence-electron chi connectivity index (χ3n) is 13.7. The number of fused-ring (bicyclic) bond motifs is 8. The van der Waals surface area contributed by atoms with Gasteiger partial charge in [-0.25, -0.2) is 0 Å². The van der Waals surface area contributed by atoms with E-state index >= 15 is 0 Å². The van der Waals surface area contributed by atoms with E-state index in [1.54, 1.807) is 0 Å². The van der Waals surface area contributed by atoms with Gasteiger partial charge in [0, 0.05) is 22.0 Å². The molecule has 0 fully saturated rings. The molecule has 1 aliphatic carbocycles. The third-order valence-corrected chi connectivity index (χ3v) is 13.7. The Bertz CT molecular complexity index is 3730. The Morgan fingerprint density at radius 2 is 0.923 bits per heavy atom. The van der Waals surface area contributed by atoms with Crippen molar-refractivity contribution < 1.29 is 4.42 Å². The summed E-state index contributed by atoms with van der Waals surface area (Å²) in [7, 11) is 0. The maximum Gasteiger partial charge on any atom is 0.159 e. The van der Waals surface area contributed by atoms with Crippen molar-refractivity contribution >= 4 is 60.5 Å². The third kappa shape index (κ3) is 5.74. The minimum absolute atomic E-state index is 0.535. The molecule has 1 heterocycles. The average Bonchev–Trinajstić information content (AvgIpc) is 3.92. The lowest BCUT2D eigenvalue weighted by Crippen LogP contribution is -2.28. The summed E-state index contributed by atoms with van der Waals surface area (Å²) in [6, 6.07) is 90.8. The summed E-state index contributed by atoms with van der Waals surface area (Å²) in [5.41, 5.74) is 16.5. The van der Waals surface area contributed by atoms with Crippen LogP contribution < -0.4 is 4.90 Å². The molecule has 0 unspecified atom stereocenters. The molecule has 2 heteroatoms. The predicted octanol–water partition coefficient (Wildman–Crippen LogP) is 17.1. The van der Waals surface area contributed by atoms with Gasteiger partial charge < -0.3 is 9.32 Å². The minimum Gasteiger partial charge on any atom is -0.454 e. The zero-order valence-electron chi connectivity index (χ0n) is 35.5. The van der Waals surface area contributed by atoms with Crippen molar-refractivity contribution in [2.45, 2.75) is 5.41 Å². The molecule has 0 N–H and O–H groups in total. The predicted molar refractivity (Wildman–Crippen MR) is 272 cm³/mol. The standard InChI is InChI=1S/C63H41NO/c1-3-19-48(20-4-1)63(49-21-5-2-6-22-49)56-27-11-9-24-54(56)61-57(63)28-15-29-58(61)64(59-30-14-26-53-52-23-10-12-31-60(52)65-62(53)59)50-38-36-43(37-39-50)46-34-33-44-18-13-25-51(55(44)41-46)47-35-32-42-16-7-8-17-45(42)40-47/h1-41H. The molecule has 0 spiro atoms. The highest BCUT2D eigenvalue weighted by Gasteiger charge is 2.47. The molecule has 12 aromatic rings. The number of nitrogens with zero attached hydrogens (tertiary/aromatic N) is 1. The molecule has 1 aliphatic rings. The van der Waals surface area contributed by atoms with E-state index in [2.05, 4.69) is 248 Å². The average molecular weight is 828 g/mol. The van der Waals surface area contributed by atoms with Crippen molar-refractivity contribution in [1.82, 2.24) is 0 Å². The van der Waals surface area contributed by atoms with Gasteiger partial charge in [-0.2, -0.15) is 0 Å². The highest BCUT2D eigenvalue weighted by atomic mass is 16.3.